The molecule has 1 rings (SSSR count). The molecule has 1 saturated heterocycles. The molecule has 0 saturated carbocycles. The van der Waals surface area contributed by atoms with Crippen LogP contribution in [0.3, 0.4) is 0 Å². The number of unbranched alkanes of at least 4 members (excludes halogenated alkanes) is 7. The number of aliphatic hydroxyl groups excluding tert-OH is 2. The molecule has 1 aliphatic heterocycles. The number of allylic oxidation sites excluding steroid dienone is 13. The lowest BCUT2D eigenvalue weighted by molar-refractivity contribution is -0.161. The Kier molecular flexibility index (Phi) is 34.0. The number of hydrogen-bond donors (Lipinski definition) is 3. The van der Waals surface area contributed by atoms with E-state index in [0.29, 0.717) is 25.7 Å². The molecular formula is C46H75O11P. The SMILES string of the molecule is CCCCC/C=C\C/C=C\C/C=C\C/C=C\CCCC(=O)OC[C@H](COP(=O)(O)OC[C@@H](O)CO)OC(=O)CCCC1OC1C/C=C\C/C=C\C/C=C\CCCCC. The Balaban J connectivity index is 2.37. The summed E-state index contributed by atoms with van der Waals surface area (Å²) in [5.41, 5.74) is 0. The Bertz CT molecular complexity index is 1300. The number of esters is 2. The first-order valence-corrected chi connectivity index (χ1v) is 23.2. The fraction of sp³-hybridized carbons (Fsp3) is 0.652. The molecule has 0 aromatic rings. The monoisotopic (exact) mass is 835 g/mol. The Labute approximate surface area is 349 Å². The van der Waals surface area contributed by atoms with Crippen LogP contribution in [0.15, 0.2) is 85.1 Å². The van der Waals surface area contributed by atoms with Crippen molar-refractivity contribution in [3.8, 4) is 0 Å². The van der Waals surface area contributed by atoms with Crippen molar-refractivity contribution in [3.63, 3.8) is 0 Å². The van der Waals surface area contributed by atoms with Crippen molar-refractivity contribution >= 4 is 19.8 Å². The van der Waals surface area contributed by atoms with E-state index in [1.54, 1.807) is 0 Å². The van der Waals surface area contributed by atoms with Crippen LogP contribution < -0.4 is 0 Å². The third kappa shape index (κ3) is 34.0. The smallest absolute Gasteiger partial charge is 0.462 e. The summed E-state index contributed by atoms with van der Waals surface area (Å²) in [6, 6.07) is 0. The average molecular weight is 835 g/mol. The highest BCUT2D eigenvalue weighted by Gasteiger charge is 2.37. The topological polar surface area (TPSA) is 161 Å². The van der Waals surface area contributed by atoms with Gasteiger partial charge >= 0.3 is 19.8 Å². The summed E-state index contributed by atoms with van der Waals surface area (Å²) in [6.07, 6.45) is 45.7. The van der Waals surface area contributed by atoms with Crippen molar-refractivity contribution in [2.45, 2.75) is 167 Å². The quantitative estimate of drug-likeness (QED) is 0.0178. The van der Waals surface area contributed by atoms with Gasteiger partial charge in [0.05, 0.1) is 32.0 Å². The number of epoxide rings is 1. The lowest BCUT2D eigenvalue weighted by Gasteiger charge is -2.20. The van der Waals surface area contributed by atoms with Crippen molar-refractivity contribution in [2.24, 2.45) is 0 Å². The van der Waals surface area contributed by atoms with Gasteiger partial charge in [-0.3, -0.25) is 18.6 Å². The summed E-state index contributed by atoms with van der Waals surface area (Å²) >= 11 is 0. The van der Waals surface area contributed by atoms with Gasteiger partial charge < -0.3 is 29.3 Å². The average Bonchev–Trinajstić information content (AvgIpc) is 3.97. The zero-order chi connectivity index (χ0) is 42.4. The molecular weight excluding hydrogens is 759 g/mol. The van der Waals surface area contributed by atoms with Crippen LogP contribution in [-0.4, -0.2) is 77.9 Å². The van der Waals surface area contributed by atoms with Crippen molar-refractivity contribution < 1.29 is 52.5 Å². The van der Waals surface area contributed by atoms with Gasteiger partial charge in [0.1, 0.15) is 12.7 Å². The molecule has 1 heterocycles. The molecule has 0 aromatic carbocycles. The zero-order valence-electron chi connectivity index (χ0n) is 35.4. The van der Waals surface area contributed by atoms with Crippen LogP contribution in [0, 0.1) is 0 Å². The highest BCUT2D eigenvalue weighted by Crippen LogP contribution is 2.43. The summed E-state index contributed by atoms with van der Waals surface area (Å²) in [5.74, 6) is -1.08. The van der Waals surface area contributed by atoms with Gasteiger partial charge in [0.15, 0.2) is 6.10 Å². The van der Waals surface area contributed by atoms with Crippen LogP contribution in [0.2, 0.25) is 0 Å². The van der Waals surface area contributed by atoms with Crippen molar-refractivity contribution in [2.75, 3.05) is 26.4 Å². The van der Waals surface area contributed by atoms with Crippen LogP contribution in [0.25, 0.3) is 0 Å². The molecule has 0 aromatic heterocycles. The minimum atomic E-state index is -4.66. The fourth-order valence-corrected chi connectivity index (χ4v) is 6.27. The van der Waals surface area contributed by atoms with Crippen LogP contribution in [0.1, 0.15) is 142 Å². The Morgan fingerprint density at radius 2 is 1.10 bits per heavy atom. The second-order valence-corrected chi connectivity index (χ2v) is 15.8. The van der Waals surface area contributed by atoms with Gasteiger partial charge in [0.2, 0.25) is 0 Å². The fourth-order valence-electron chi connectivity index (χ4n) is 5.48. The third-order valence-corrected chi connectivity index (χ3v) is 9.90. The van der Waals surface area contributed by atoms with Crippen molar-refractivity contribution in [1.82, 2.24) is 0 Å². The molecule has 0 spiro atoms. The van der Waals surface area contributed by atoms with E-state index in [0.717, 1.165) is 51.4 Å². The van der Waals surface area contributed by atoms with Crippen LogP contribution in [0.4, 0.5) is 0 Å². The highest BCUT2D eigenvalue weighted by molar-refractivity contribution is 7.47. The first-order chi connectivity index (χ1) is 28.2. The Hall–Kier alpha value is -2.89. The van der Waals surface area contributed by atoms with Gasteiger partial charge in [0, 0.05) is 12.8 Å². The maximum Gasteiger partial charge on any atom is 0.472 e. The maximum atomic E-state index is 12.7. The Morgan fingerprint density at radius 1 is 0.621 bits per heavy atom. The van der Waals surface area contributed by atoms with E-state index in [-0.39, 0.29) is 31.7 Å². The molecule has 5 atom stereocenters. The highest BCUT2D eigenvalue weighted by atomic mass is 31.2. The minimum absolute atomic E-state index is 0.0776. The van der Waals surface area contributed by atoms with Crippen LogP contribution in [-0.2, 0) is 37.4 Å². The predicted molar refractivity (Wildman–Crippen MR) is 232 cm³/mol. The molecule has 1 aliphatic rings. The normalized spacial score (nSPS) is 18.2. The van der Waals surface area contributed by atoms with Gasteiger partial charge in [-0.25, -0.2) is 4.57 Å². The van der Waals surface area contributed by atoms with Gasteiger partial charge in [-0.1, -0.05) is 125 Å². The molecule has 58 heavy (non-hydrogen) atoms. The second kappa shape index (κ2) is 37.1. The van der Waals surface area contributed by atoms with E-state index in [4.69, 9.17) is 23.8 Å². The number of phosphoric ester groups is 1. The zero-order valence-corrected chi connectivity index (χ0v) is 36.3. The van der Waals surface area contributed by atoms with E-state index in [1.165, 1.54) is 38.5 Å². The standard InChI is InChI=1S/C46H75O11P/c1-3-5-7-9-11-13-15-17-18-19-20-21-23-25-27-29-31-35-45(49)53-39-42(40-55-58(51,52)54-38-41(48)37-47)56-46(50)36-32-34-44-43(57-44)33-30-28-26-24-22-16-14-12-10-8-6-4-2/h11-14,17-18,20-22,24-25,27-28,30,41-44,47-48H,3-10,15-16,19,23,26,29,31-40H2,1-2H3,(H,51,52)/b13-11-,14-12-,18-17-,21-20-,24-22-,27-25-,30-28-/t41-,42+,43?,44?/m0/s1. The molecule has 330 valence electrons. The number of carbonyl (C=O) groups excluding carboxylic acids is 2. The lowest BCUT2D eigenvalue weighted by atomic mass is 10.1. The lowest BCUT2D eigenvalue weighted by Crippen LogP contribution is -2.29. The van der Waals surface area contributed by atoms with E-state index >= 15 is 0 Å². The molecule has 12 heteroatoms. The number of aliphatic hydroxyl groups is 2. The first-order valence-electron chi connectivity index (χ1n) is 21.7. The van der Waals surface area contributed by atoms with Crippen LogP contribution >= 0.6 is 7.82 Å². The molecule has 1 fully saturated rings. The van der Waals surface area contributed by atoms with Gasteiger partial charge in [0.25, 0.3) is 0 Å². The van der Waals surface area contributed by atoms with Crippen LogP contribution in [0.5, 0.6) is 0 Å². The molecule has 0 amide bonds. The summed E-state index contributed by atoms with van der Waals surface area (Å²) in [7, 11) is -4.66. The largest absolute Gasteiger partial charge is 0.472 e. The first kappa shape index (κ1) is 53.1. The van der Waals surface area contributed by atoms with E-state index in [2.05, 4.69) is 97.4 Å². The second-order valence-electron chi connectivity index (χ2n) is 14.4. The number of rotatable bonds is 38. The Morgan fingerprint density at radius 3 is 1.64 bits per heavy atom. The number of hydrogen-bond acceptors (Lipinski definition) is 10. The number of carbonyl (C=O) groups is 2. The number of phosphoric acid groups is 1. The van der Waals surface area contributed by atoms with Gasteiger partial charge in [-0.15, -0.1) is 0 Å². The molecule has 3 unspecified atom stereocenters. The maximum absolute atomic E-state index is 12.7. The third-order valence-electron chi connectivity index (χ3n) is 8.95. The molecule has 0 radical (unpaired) electrons. The van der Waals surface area contributed by atoms with Gasteiger partial charge in [-0.05, 0) is 89.9 Å². The summed E-state index contributed by atoms with van der Waals surface area (Å²) in [4.78, 5) is 35.1. The predicted octanol–water partition coefficient (Wildman–Crippen LogP) is 10.4. The van der Waals surface area contributed by atoms with E-state index < -0.39 is 51.8 Å². The minimum Gasteiger partial charge on any atom is -0.462 e. The van der Waals surface area contributed by atoms with E-state index in [1.807, 2.05) is 6.08 Å². The van der Waals surface area contributed by atoms with E-state index in [9.17, 15) is 24.2 Å². The van der Waals surface area contributed by atoms with Crippen molar-refractivity contribution in [1.29, 1.82) is 0 Å². The number of ether oxygens (including phenoxy) is 3. The summed E-state index contributed by atoms with van der Waals surface area (Å²) in [5, 5.41) is 18.4. The molecule has 0 bridgehead atoms. The molecule has 3 N–H and O–H groups in total. The van der Waals surface area contributed by atoms with Gasteiger partial charge in [-0.2, -0.15) is 0 Å². The summed E-state index contributed by atoms with van der Waals surface area (Å²) in [6.45, 7) is 2.15. The molecule has 0 aliphatic carbocycles. The summed E-state index contributed by atoms with van der Waals surface area (Å²) < 4.78 is 38.4. The van der Waals surface area contributed by atoms with Crippen molar-refractivity contribution in [3.05, 3.63) is 85.1 Å². The molecule has 11 nitrogen and oxygen atoms in total.